The van der Waals surface area contributed by atoms with Gasteiger partial charge in [0.1, 0.15) is 21.5 Å². The summed E-state index contributed by atoms with van der Waals surface area (Å²) in [4.78, 5) is 25.4. The van der Waals surface area contributed by atoms with Crippen LogP contribution in [0.1, 0.15) is 38.2 Å². The highest BCUT2D eigenvalue weighted by Crippen LogP contribution is 2.23. The van der Waals surface area contributed by atoms with Crippen molar-refractivity contribution in [2.45, 2.75) is 44.2 Å². The Hall–Kier alpha value is -1.98. The maximum Gasteiger partial charge on any atom is 0.410 e. The van der Waals surface area contributed by atoms with Crippen molar-refractivity contribution in [3.05, 3.63) is 17.7 Å². The van der Waals surface area contributed by atoms with Gasteiger partial charge in [-0.15, -0.1) is 0 Å². The third-order valence-corrected chi connectivity index (χ3v) is 5.54. The van der Waals surface area contributed by atoms with Gasteiger partial charge in [-0.25, -0.2) is 22.9 Å². The van der Waals surface area contributed by atoms with Crippen LogP contribution in [0.4, 0.5) is 9.18 Å². The summed E-state index contributed by atoms with van der Waals surface area (Å²) in [7, 11) is -0.557. The summed E-state index contributed by atoms with van der Waals surface area (Å²) in [6.45, 7) is 7.03. The molecule has 2 N–H and O–H groups in total. The summed E-state index contributed by atoms with van der Waals surface area (Å²) in [5.74, 6) is -2.18. The number of hydrogen-bond acceptors (Lipinski definition) is 6. The number of amides is 1. The monoisotopic (exact) mass is 433 g/mol. The molecule has 1 aliphatic heterocycles. The fraction of sp³-hybridized carbons (Fsp3) is 0.667. The first-order chi connectivity index (χ1) is 13.5. The van der Waals surface area contributed by atoms with Crippen LogP contribution in [0.3, 0.4) is 0 Å². The van der Waals surface area contributed by atoms with Crippen molar-refractivity contribution in [2.75, 3.05) is 26.3 Å². The Kier molecular flexibility index (Phi) is 7.41. The molecule has 9 nitrogen and oxygen atoms in total. The third-order valence-electron chi connectivity index (χ3n) is 4.34. The van der Waals surface area contributed by atoms with Crippen LogP contribution in [0.5, 0.6) is 0 Å². The first-order valence-electron chi connectivity index (χ1n) is 9.27. The highest BCUT2D eigenvalue weighted by Gasteiger charge is 2.38. The normalized spacial score (nSPS) is 20.6. The predicted octanol–water partition coefficient (Wildman–Crippen LogP) is 1.18. The lowest BCUT2D eigenvalue weighted by Gasteiger charge is -2.24. The molecule has 0 saturated carbocycles. The quantitative estimate of drug-likeness (QED) is 0.652. The van der Waals surface area contributed by atoms with E-state index in [2.05, 4.69) is 4.72 Å². The lowest BCUT2D eigenvalue weighted by atomic mass is 10.1. The Morgan fingerprint density at radius 1 is 1.38 bits per heavy atom. The van der Waals surface area contributed by atoms with E-state index in [1.165, 1.54) is 22.7 Å². The molecule has 0 spiro atoms. The molecule has 2 rings (SSSR count). The van der Waals surface area contributed by atoms with Crippen molar-refractivity contribution >= 4 is 23.0 Å². The molecule has 3 unspecified atom stereocenters. The van der Waals surface area contributed by atoms with Crippen molar-refractivity contribution in [1.29, 1.82) is 0 Å². The summed E-state index contributed by atoms with van der Waals surface area (Å²) in [5, 5.41) is 9.63. The minimum Gasteiger partial charge on any atom is -0.461 e. The topological polar surface area (TPSA) is 110 Å². The van der Waals surface area contributed by atoms with Crippen LogP contribution < -0.4 is 4.72 Å². The van der Waals surface area contributed by atoms with Crippen molar-refractivity contribution < 1.29 is 32.8 Å². The van der Waals surface area contributed by atoms with Gasteiger partial charge in [-0.1, -0.05) is 0 Å². The molecule has 1 aromatic heterocycles. The number of likely N-dealkylation sites (tertiary alicyclic amines) is 1. The van der Waals surface area contributed by atoms with Gasteiger partial charge in [0.2, 0.25) is 0 Å². The number of halogens is 1. The van der Waals surface area contributed by atoms with E-state index in [0.717, 1.165) is 0 Å². The number of ether oxygens (including phenoxy) is 2. The molecule has 0 radical (unpaired) electrons. The number of aryl methyl sites for hydroxylation is 1. The van der Waals surface area contributed by atoms with E-state index in [4.69, 9.17) is 9.47 Å². The molecular formula is C18H28FN3O6S. The summed E-state index contributed by atoms with van der Waals surface area (Å²) in [5.41, 5.74) is -0.992. The number of nitrogens with one attached hydrogen (secondary N) is 1. The molecule has 1 aliphatic rings. The van der Waals surface area contributed by atoms with E-state index in [9.17, 15) is 23.3 Å². The summed E-state index contributed by atoms with van der Waals surface area (Å²) in [6.07, 6.45) is 0.709. The van der Waals surface area contributed by atoms with E-state index < -0.39 is 46.4 Å². The molecule has 29 heavy (non-hydrogen) atoms. The summed E-state index contributed by atoms with van der Waals surface area (Å²) >= 11 is 0. The van der Waals surface area contributed by atoms with E-state index in [0.29, 0.717) is 0 Å². The van der Waals surface area contributed by atoms with Crippen molar-refractivity contribution in [2.24, 2.45) is 13.0 Å². The molecule has 2 heterocycles. The third kappa shape index (κ3) is 5.55. The smallest absolute Gasteiger partial charge is 0.410 e. The van der Waals surface area contributed by atoms with Gasteiger partial charge in [-0.05, 0) is 27.7 Å². The molecule has 1 aromatic rings. The zero-order chi connectivity index (χ0) is 21.9. The van der Waals surface area contributed by atoms with Crippen LogP contribution in [0.15, 0.2) is 11.1 Å². The number of rotatable bonds is 6. The number of hydrogen-bond donors (Lipinski definition) is 2. The molecule has 1 fully saturated rings. The second-order valence-electron chi connectivity index (χ2n) is 7.81. The van der Waals surface area contributed by atoms with Gasteiger partial charge in [0.05, 0.1) is 6.61 Å². The maximum absolute atomic E-state index is 14.7. The molecule has 0 aliphatic carbocycles. The zero-order valence-corrected chi connectivity index (χ0v) is 18.0. The van der Waals surface area contributed by atoms with Gasteiger partial charge in [0.15, 0.2) is 11.5 Å². The van der Waals surface area contributed by atoms with Crippen LogP contribution >= 0.6 is 0 Å². The Labute approximate surface area is 171 Å². The predicted molar refractivity (Wildman–Crippen MR) is 103 cm³/mol. The average molecular weight is 434 g/mol. The first-order valence-corrected chi connectivity index (χ1v) is 10.4. The first kappa shape index (κ1) is 23.3. The van der Waals surface area contributed by atoms with Crippen LogP contribution in [-0.4, -0.2) is 68.8 Å². The number of carbonyl (C=O) groups excluding carboxylic acids is 2. The van der Waals surface area contributed by atoms with Crippen molar-refractivity contribution in [1.82, 2.24) is 14.2 Å². The summed E-state index contributed by atoms with van der Waals surface area (Å²) < 4.78 is 41.5. The summed E-state index contributed by atoms with van der Waals surface area (Å²) in [6, 6.07) is -0.543. The minimum atomic E-state index is -2.01. The fourth-order valence-electron chi connectivity index (χ4n) is 3.00. The SMILES string of the molecule is CCOC(=O)c1c(F)c(S(=O)NC2CN(C(=O)OC(C)(C)C)CC2CO)cn1C. The number of carbonyl (C=O) groups is 2. The van der Waals surface area contributed by atoms with E-state index >= 15 is 0 Å². The Bertz CT molecular complexity index is 791. The van der Waals surface area contributed by atoms with Gasteiger partial charge >= 0.3 is 12.1 Å². The lowest BCUT2D eigenvalue weighted by Crippen LogP contribution is -2.40. The van der Waals surface area contributed by atoms with Gasteiger partial charge in [0.25, 0.3) is 0 Å². The number of esters is 1. The largest absolute Gasteiger partial charge is 0.461 e. The highest BCUT2D eigenvalue weighted by atomic mass is 32.2. The molecular weight excluding hydrogens is 405 g/mol. The van der Waals surface area contributed by atoms with Gasteiger partial charge < -0.3 is 24.0 Å². The van der Waals surface area contributed by atoms with Crippen molar-refractivity contribution in [3.8, 4) is 0 Å². The Morgan fingerprint density at radius 2 is 2.03 bits per heavy atom. The van der Waals surface area contributed by atoms with Crippen molar-refractivity contribution in [3.63, 3.8) is 0 Å². The zero-order valence-electron chi connectivity index (χ0n) is 17.2. The van der Waals surface area contributed by atoms with E-state index in [1.54, 1.807) is 27.7 Å². The molecule has 164 valence electrons. The molecule has 3 atom stereocenters. The second-order valence-corrected chi connectivity index (χ2v) is 9.02. The standard InChI is InChI=1S/C18H28FN3O6S/c1-6-27-16(24)15-14(19)13(9-21(15)5)29(26)20-12-8-22(7-11(12)10-23)17(25)28-18(2,3)4/h9,11-12,20,23H,6-8,10H2,1-5H3. The Balaban J connectivity index is 2.13. The average Bonchev–Trinajstić information content (AvgIpc) is 3.14. The molecule has 1 saturated heterocycles. The number of aliphatic hydroxyl groups excluding tert-OH is 1. The van der Waals surface area contributed by atoms with Crippen LogP contribution in [0, 0.1) is 11.7 Å². The van der Waals surface area contributed by atoms with Crippen LogP contribution in [-0.2, 0) is 27.5 Å². The molecule has 1 amide bonds. The maximum atomic E-state index is 14.7. The van der Waals surface area contributed by atoms with Crippen LogP contribution in [0.2, 0.25) is 0 Å². The minimum absolute atomic E-state index is 0.0842. The number of aromatic nitrogens is 1. The molecule has 11 heteroatoms. The lowest BCUT2D eigenvalue weighted by molar-refractivity contribution is 0.0282. The van der Waals surface area contributed by atoms with E-state index in [1.807, 2.05) is 0 Å². The molecule has 0 aromatic carbocycles. The highest BCUT2D eigenvalue weighted by molar-refractivity contribution is 7.83. The number of aliphatic hydroxyl groups is 1. The number of nitrogens with zero attached hydrogens (tertiary/aromatic N) is 2. The second kappa shape index (κ2) is 9.23. The van der Waals surface area contributed by atoms with Gasteiger partial charge in [-0.3, -0.25) is 0 Å². The van der Waals surface area contributed by atoms with Gasteiger partial charge in [-0.2, -0.15) is 0 Å². The van der Waals surface area contributed by atoms with E-state index in [-0.39, 0.29) is 36.9 Å². The fourth-order valence-corrected chi connectivity index (χ4v) is 4.18. The Morgan fingerprint density at radius 3 is 2.59 bits per heavy atom. The van der Waals surface area contributed by atoms with Gasteiger partial charge in [0, 0.05) is 44.9 Å². The molecule has 0 bridgehead atoms. The van der Waals surface area contributed by atoms with Crippen LogP contribution in [0.25, 0.3) is 0 Å².